The smallest absolute Gasteiger partial charge is 0.324 e. The van der Waals surface area contributed by atoms with E-state index < -0.39 is 0 Å². The van der Waals surface area contributed by atoms with Crippen LogP contribution in [0.2, 0.25) is 0 Å². The summed E-state index contributed by atoms with van der Waals surface area (Å²) in [7, 11) is 0. The predicted octanol–water partition coefficient (Wildman–Crippen LogP) is 0.715. The molecule has 0 aliphatic carbocycles. The van der Waals surface area contributed by atoms with Crippen LogP contribution in [-0.4, -0.2) is 53.3 Å². The zero-order valence-electron chi connectivity index (χ0n) is 12.5. The van der Waals surface area contributed by atoms with Crippen molar-refractivity contribution in [3.63, 3.8) is 0 Å². The minimum absolute atomic E-state index is 0.0545. The van der Waals surface area contributed by atoms with Crippen molar-refractivity contribution in [2.45, 2.75) is 18.9 Å². The highest BCUT2D eigenvalue weighted by Crippen LogP contribution is 2.20. The van der Waals surface area contributed by atoms with Gasteiger partial charge in [0.25, 0.3) is 5.91 Å². The largest absolute Gasteiger partial charge is 0.338 e. The lowest BCUT2D eigenvalue weighted by Crippen LogP contribution is -2.49. The Bertz CT molecular complexity index is 686. The Balaban J connectivity index is 1.64. The van der Waals surface area contributed by atoms with Crippen LogP contribution >= 0.6 is 0 Å². The average molecular weight is 312 g/mol. The summed E-state index contributed by atoms with van der Waals surface area (Å²) in [6, 6.07) is 8.12. The second-order valence-corrected chi connectivity index (χ2v) is 5.64. The first-order valence-corrected chi connectivity index (χ1v) is 7.49. The van der Waals surface area contributed by atoms with Gasteiger partial charge in [0.05, 0.1) is 18.2 Å². The molecule has 118 valence electrons. The number of nitriles is 1. The standard InChI is InChI=1S/C16H16N4O3/c17-9-11-2-1-3-12(8-11)15(22)19-6-4-13(5-7-19)20-14(21)10-18-16(20)23/h1-3,8,13H,4-7,10H2,(H,18,23). The number of carbonyl (C=O) groups is 3. The van der Waals surface area contributed by atoms with Crippen molar-refractivity contribution < 1.29 is 14.4 Å². The van der Waals surface area contributed by atoms with E-state index in [1.165, 1.54) is 4.90 Å². The van der Waals surface area contributed by atoms with Crippen molar-refractivity contribution in [3.05, 3.63) is 35.4 Å². The molecule has 2 saturated heterocycles. The quantitative estimate of drug-likeness (QED) is 0.814. The van der Waals surface area contributed by atoms with Crippen LogP contribution in [0.25, 0.3) is 0 Å². The molecular formula is C16H16N4O3. The normalized spacial score (nSPS) is 18.7. The Kier molecular flexibility index (Phi) is 3.98. The molecule has 0 atom stereocenters. The third-order valence-corrected chi connectivity index (χ3v) is 4.23. The zero-order valence-corrected chi connectivity index (χ0v) is 12.5. The molecule has 23 heavy (non-hydrogen) atoms. The van der Waals surface area contributed by atoms with Crippen LogP contribution in [0.15, 0.2) is 24.3 Å². The SMILES string of the molecule is N#Cc1cccc(C(=O)N2CCC(N3C(=O)CNC3=O)CC2)c1. The molecule has 3 rings (SSSR count). The van der Waals surface area contributed by atoms with Gasteiger partial charge in [-0.3, -0.25) is 14.5 Å². The van der Waals surface area contributed by atoms with Crippen LogP contribution in [-0.2, 0) is 4.79 Å². The summed E-state index contributed by atoms with van der Waals surface area (Å²) in [4.78, 5) is 38.9. The molecule has 0 aromatic heterocycles. The van der Waals surface area contributed by atoms with Crippen molar-refractivity contribution in [2.24, 2.45) is 0 Å². The lowest BCUT2D eigenvalue weighted by Gasteiger charge is -2.35. The third-order valence-electron chi connectivity index (χ3n) is 4.23. The van der Waals surface area contributed by atoms with Crippen molar-refractivity contribution >= 4 is 17.8 Å². The molecule has 7 nitrogen and oxygen atoms in total. The number of hydrogen-bond donors (Lipinski definition) is 1. The Hall–Kier alpha value is -2.88. The summed E-state index contributed by atoms with van der Waals surface area (Å²) in [6.07, 6.45) is 1.14. The number of imide groups is 1. The van der Waals surface area contributed by atoms with Crippen LogP contribution in [0.1, 0.15) is 28.8 Å². The van der Waals surface area contributed by atoms with E-state index in [-0.39, 0.29) is 30.4 Å². The Morgan fingerprint density at radius 3 is 2.61 bits per heavy atom. The van der Waals surface area contributed by atoms with E-state index in [1.807, 2.05) is 6.07 Å². The molecule has 1 N–H and O–H groups in total. The van der Waals surface area contributed by atoms with E-state index >= 15 is 0 Å². The fourth-order valence-electron chi connectivity index (χ4n) is 3.04. The number of hydrogen-bond acceptors (Lipinski definition) is 4. The van der Waals surface area contributed by atoms with Gasteiger partial charge in [-0.25, -0.2) is 4.79 Å². The predicted molar refractivity (Wildman–Crippen MR) is 80.3 cm³/mol. The van der Waals surface area contributed by atoms with Gasteiger partial charge in [0, 0.05) is 24.7 Å². The van der Waals surface area contributed by atoms with E-state index in [9.17, 15) is 14.4 Å². The fraction of sp³-hybridized carbons (Fsp3) is 0.375. The van der Waals surface area contributed by atoms with Crippen molar-refractivity contribution in [1.29, 1.82) is 5.26 Å². The molecule has 0 saturated carbocycles. The van der Waals surface area contributed by atoms with Crippen LogP contribution in [0.5, 0.6) is 0 Å². The molecule has 4 amide bonds. The Labute approximate surface area is 133 Å². The van der Waals surface area contributed by atoms with Gasteiger partial charge >= 0.3 is 6.03 Å². The van der Waals surface area contributed by atoms with Crippen LogP contribution in [0.4, 0.5) is 4.79 Å². The van der Waals surface area contributed by atoms with Gasteiger partial charge in [-0.05, 0) is 31.0 Å². The summed E-state index contributed by atoms with van der Waals surface area (Å²) >= 11 is 0. The summed E-state index contributed by atoms with van der Waals surface area (Å²) < 4.78 is 0. The number of piperidine rings is 1. The van der Waals surface area contributed by atoms with Gasteiger partial charge < -0.3 is 10.2 Å². The first kappa shape index (κ1) is 15.0. The Morgan fingerprint density at radius 1 is 1.26 bits per heavy atom. The minimum atomic E-state index is -0.346. The molecule has 1 aromatic rings. The number of likely N-dealkylation sites (tertiary alicyclic amines) is 1. The monoisotopic (exact) mass is 312 g/mol. The van der Waals surface area contributed by atoms with Gasteiger partial charge in [0.1, 0.15) is 0 Å². The molecular weight excluding hydrogens is 296 g/mol. The van der Waals surface area contributed by atoms with E-state index in [2.05, 4.69) is 5.32 Å². The topological polar surface area (TPSA) is 93.5 Å². The van der Waals surface area contributed by atoms with E-state index in [4.69, 9.17) is 5.26 Å². The molecule has 2 heterocycles. The number of urea groups is 1. The molecule has 2 fully saturated rings. The molecule has 1 aromatic carbocycles. The fourth-order valence-corrected chi connectivity index (χ4v) is 3.04. The summed E-state index contributed by atoms with van der Waals surface area (Å²) in [6.45, 7) is 1.02. The van der Waals surface area contributed by atoms with Gasteiger partial charge in [-0.2, -0.15) is 5.26 Å². The molecule has 2 aliphatic heterocycles. The number of rotatable bonds is 2. The zero-order chi connectivity index (χ0) is 16.4. The van der Waals surface area contributed by atoms with Crippen molar-refractivity contribution in [3.8, 4) is 6.07 Å². The summed E-state index contributed by atoms with van der Waals surface area (Å²) in [5.41, 5.74) is 0.933. The maximum atomic E-state index is 12.5. The average Bonchev–Trinajstić information content (AvgIpc) is 2.93. The van der Waals surface area contributed by atoms with Gasteiger partial charge in [0.15, 0.2) is 0 Å². The van der Waals surface area contributed by atoms with E-state index in [0.29, 0.717) is 37.1 Å². The van der Waals surface area contributed by atoms with Crippen LogP contribution < -0.4 is 5.32 Å². The van der Waals surface area contributed by atoms with Gasteiger partial charge in [0.2, 0.25) is 5.91 Å². The first-order valence-electron chi connectivity index (χ1n) is 7.49. The second kappa shape index (κ2) is 6.08. The molecule has 0 unspecified atom stereocenters. The minimum Gasteiger partial charge on any atom is -0.338 e. The van der Waals surface area contributed by atoms with Crippen LogP contribution in [0.3, 0.4) is 0 Å². The lowest BCUT2D eigenvalue weighted by atomic mass is 10.0. The highest BCUT2D eigenvalue weighted by Gasteiger charge is 2.37. The third kappa shape index (κ3) is 2.88. The second-order valence-electron chi connectivity index (χ2n) is 5.64. The van der Waals surface area contributed by atoms with Crippen LogP contribution in [0, 0.1) is 11.3 Å². The maximum Gasteiger partial charge on any atom is 0.324 e. The molecule has 0 bridgehead atoms. The number of nitrogens with zero attached hydrogens (tertiary/aromatic N) is 3. The van der Waals surface area contributed by atoms with Crippen molar-refractivity contribution in [1.82, 2.24) is 15.1 Å². The number of nitrogens with one attached hydrogen (secondary N) is 1. The molecule has 0 radical (unpaired) electrons. The number of carbonyl (C=O) groups excluding carboxylic acids is 3. The molecule has 7 heteroatoms. The first-order chi connectivity index (χ1) is 11.1. The maximum absolute atomic E-state index is 12.5. The lowest BCUT2D eigenvalue weighted by molar-refractivity contribution is -0.127. The highest BCUT2D eigenvalue weighted by molar-refractivity contribution is 6.02. The number of benzene rings is 1. The van der Waals surface area contributed by atoms with Crippen molar-refractivity contribution in [2.75, 3.05) is 19.6 Å². The molecule has 2 aliphatic rings. The summed E-state index contributed by atoms with van der Waals surface area (Å²) in [5.74, 6) is -0.334. The van der Waals surface area contributed by atoms with E-state index in [1.54, 1.807) is 29.2 Å². The Morgan fingerprint density at radius 2 is 2.00 bits per heavy atom. The van der Waals surface area contributed by atoms with E-state index in [0.717, 1.165) is 0 Å². The summed E-state index contributed by atoms with van der Waals surface area (Å²) in [5, 5.41) is 11.4. The highest BCUT2D eigenvalue weighted by atomic mass is 16.2. The molecule has 0 spiro atoms. The number of amides is 4. The van der Waals surface area contributed by atoms with Gasteiger partial charge in [-0.15, -0.1) is 0 Å². The van der Waals surface area contributed by atoms with Gasteiger partial charge in [-0.1, -0.05) is 6.07 Å².